The molecule has 0 fully saturated rings. The van der Waals surface area contributed by atoms with Crippen molar-refractivity contribution in [3.05, 3.63) is 24.0 Å². The van der Waals surface area contributed by atoms with Crippen LogP contribution in [0.4, 0.5) is 5.69 Å². The second-order valence-electron chi connectivity index (χ2n) is 3.02. The van der Waals surface area contributed by atoms with Crippen LogP contribution < -0.4 is 5.73 Å². The van der Waals surface area contributed by atoms with Crippen LogP contribution in [0.5, 0.6) is 0 Å². The Morgan fingerprint density at radius 3 is 3.00 bits per heavy atom. The molecule has 0 atom stereocenters. The molecule has 1 heterocycles. The molecule has 2 nitrogen and oxygen atoms in total. The fourth-order valence-electron chi connectivity index (χ4n) is 1.21. The second-order valence-corrected chi connectivity index (χ2v) is 4.01. The third kappa shape index (κ3) is 3.68. The predicted molar refractivity (Wildman–Crippen MR) is 60.0 cm³/mol. The number of thioether (sulfide) groups is 1. The van der Waals surface area contributed by atoms with Gasteiger partial charge in [-0.25, -0.2) is 0 Å². The molecule has 1 aromatic rings. The molecule has 0 aliphatic heterocycles. The fourth-order valence-corrected chi connectivity index (χ4v) is 1.70. The van der Waals surface area contributed by atoms with E-state index in [-0.39, 0.29) is 0 Å². The van der Waals surface area contributed by atoms with Gasteiger partial charge in [-0.2, -0.15) is 11.8 Å². The molecule has 3 heteroatoms. The van der Waals surface area contributed by atoms with Crippen molar-refractivity contribution in [3.63, 3.8) is 0 Å². The van der Waals surface area contributed by atoms with Gasteiger partial charge in [0.25, 0.3) is 0 Å². The summed E-state index contributed by atoms with van der Waals surface area (Å²) >= 11 is 1.89. The molecule has 0 saturated carbocycles. The first-order chi connectivity index (χ1) is 6.34. The van der Waals surface area contributed by atoms with Crippen LogP contribution in [0.15, 0.2) is 18.5 Å². The lowest BCUT2D eigenvalue weighted by Crippen LogP contribution is -1.95. The quantitative estimate of drug-likeness (QED) is 0.735. The van der Waals surface area contributed by atoms with Crippen LogP contribution in [0.2, 0.25) is 0 Å². The highest BCUT2D eigenvalue weighted by atomic mass is 32.2. The number of hydrogen-bond donors (Lipinski definition) is 1. The molecule has 1 aromatic heterocycles. The maximum atomic E-state index is 5.79. The molecule has 0 saturated heterocycles. The van der Waals surface area contributed by atoms with E-state index in [4.69, 9.17) is 5.73 Å². The van der Waals surface area contributed by atoms with Gasteiger partial charge in [0.05, 0.1) is 0 Å². The van der Waals surface area contributed by atoms with Gasteiger partial charge >= 0.3 is 0 Å². The van der Waals surface area contributed by atoms with Crippen molar-refractivity contribution in [1.82, 2.24) is 4.98 Å². The van der Waals surface area contributed by atoms with Gasteiger partial charge in [-0.3, -0.25) is 4.98 Å². The fraction of sp³-hybridized carbons (Fsp3) is 0.500. The lowest BCUT2D eigenvalue weighted by Gasteiger charge is -2.03. The van der Waals surface area contributed by atoms with Crippen molar-refractivity contribution in [2.45, 2.75) is 19.3 Å². The summed E-state index contributed by atoms with van der Waals surface area (Å²) in [6.45, 7) is 0. The monoisotopic (exact) mass is 196 g/mol. The summed E-state index contributed by atoms with van der Waals surface area (Å²) < 4.78 is 0. The van der Waals surface area contributed by atoms with Gasteiger partial charge in [0.2, 0.25) is 0 Å². The van der Waals surface area contributed by atoms with Crippen molar-refractivity contribution < 1.29 is 0 Å². The molecule has 0 spiro atoms. The minimum absolute atomic E-state index is 0.874. The highest BCUT2D eigenvalue weighted by Crippen LogP contribution is 2.12. The molecule has 0 aromatic carbocycles. The largest absolute Gasteiger partial charge is 0.398 e. The smallest absolute Gasteiger partial charge is 0.0377 e. The average molecular weight is 196 g/mol. The second kappa shape index (κ2) is 5.86. The Kier molecular flexibility index (Phi) is 4.68. The zero-order valence-corrected chi connectivity index (χ0v) is 8.81. The number of rotatable bonds is 5. The van der Waals surface area contributed by atoms with E-state index in [2.05, 4.69) is 11.2 Å². The number of nitrogen functional groups attached to an aromatic ring is 1. The topological polar surface area (TPSA) is 38.9 Å². The summed E-state index contributed by atoms with van der Waals surface area (Å²) in [4.78, 5) is 4.06. The summed E-state index contributed by atoms with van der Waals surface area (Å²) in [6, 6.07) is 1.86. The van der Waals surface area contributed by atoms with Crippen LogP contribution in [0.1, 0.15) is 18.4 Å². The van der Waals surface area contributed by atoms with E-state index in [1.165, 1.54) is 24.2 Å². The molecule has 72 valence electrons. The molecule has 0 amide bonds. The van der Waals surface area contributed by atoms with Crippen molar-refractivity contribution >= 4 is 17.4 Å². The highest BCUT2D eigenvalue weighted by Gasteiger charge is 1.97. The molecule has 0 radical (unpaired) electrons. The first kappa shape index (κ1) is 10.4. The van der Waals surface area contributed by atoms with E-state index in [1.54, 1.807) is 6.20 Å². The SMILES string of the molecule is CSCCCCc1cnccc1N. The lowest BCUT2D eigenvalue weighted by molar-refractivity contribution is 0.801. The van der Waals surface area contributed by atoms with E-state index in [0.717, 1.165) is 12.1 Å². The highest BCUT2D eigenvalue weighted by molar-refractivity contribution is 7.98. The number of anilines is 1. The van der Waals surface area contributed by atoms with Crippen LogP contribution in [0, 0.1) is 0 Å². The Bertz CT molecular complexity index is 250. The van der Waals surface area contributed by atoms with E-state index in [0.29, 0.717) is 0 Å². The summed E-state index contributed by atoms with van der Waals surface area (Å²) in [5.74, 6) is 1.24. The van der Waals surface area contributed by atoms with Crippen LogP contribution in [-0.4, -0.2) is 17.0 Å². The van der Waals surface area contributed by atoms with Crippen molar-refractivity contribution in [2.75, 3.05) is 17.7 Å². The van der Waals surface area contributed by atoms with Crippen LogP contribution in [-0.2, 0) is 6.42 Å². The number of hydrogen-bond acceptors (Lipinski definition) is 3. The van der Waals surface area contributed by atoms with E-state index in [1.807, 2.05) is 24.0 Å². The lowest BCUT2D eigenvalue weighted by atomic mass is 10.1. The number of pyridine rings is 1. The van der Waals surface area contributed by atoms with Crippen molar-refractivity contribution in [3.8, 4) is 0 Å². The predicted octanol–water partition coefficient (Wildman–Crippen LogP) is 2.35. The van der Waals surface area contributed by atoms with Crippen LogP contribution in [0.3, 0.4) is 0 Å². The van der Waals surface area contributed by atoms with Gasteiger partial charge in [0, 0.05) is 18.1 Å². The normalized spacial score (nSPS) is 10.2. The van der Waals surface area contributed by atoms with Gasteiger partial charge in [0.15, 0.2) is 0 Å². The third-order valence-electron chi connectivity index (χ3n) is 1.99. The number of nitrogens with zero attached hydrogens (tertiary/aromatic N) is 1. The average Bonchev–Trinajstić information content (AvgIpc) is 2.15. The van der Waals surface area contributed by atoms with Gasteiger partial charge in [-0.05, 0) is 42.9 Å². The number of aromatic nitrogens is 1. The van der Waals surface area contributed by atoms with Crippen LogP contribution in [0.25, 0.3) is 0 Å². The maximum Gasteiger partial charge on any atom is 0.0377 e. The van der Waals surface area contributed by atoms with Gasteiger partial charge in [-0.15, -0.1) is 0 Å². The van der Waals surface area contributed by atoms with Gasteiger partial charge in [-0.1, -0.05) is 0 Å². The number of aryl methyl sites for hydroxylation is 1. The Hall–Kier alpha value is -0.700. The minimum atomic E-state index is 0.874. The zero-order valence-electron chi connectivity index (χ0n) is 7.99. The van der Waals surface area contributed by atoms with E-state index < -0.39 is 0 Å². The Balaban J connectivity index is 2.32. The molecular formula is C10H16N2S. The molecule has 2 N–H and O–H groups in total. The number of unbranched alkanes of at least 4 members (excludes halogenated alkanes) is 1. The third-order valence-corrected chi connectivity index (χ3v) is 2.68. The molecule has 0 aliphatic rings. The van der Waals surface area contributed by atoms with Gasteiger partial charge < -0.3 is 5.73 Å². The summed E-state index contributed by atoms with van der Waals surface area (Å²) in [5.41, 5.74) is 7.85. The van der Waals surface area contributed by atoms with E-state index in [9.17, 15) is 0 Å². The molecular weight excluding hydrogens is 180 g/mol. The molecule has 13 heavy (non-hydrogen) atoms. The van der Waals surface area contributed by atoms with Crippen LogP contribution >= 0.6 is 11.8 Å². The van der Waals surface area contributed by atoms with Crippen molar-refractivity contribution in [1.29, 1.82) is 0 Å². The minimum Gasteiger partial charge on any atom is -0.398 e. The Labute approximate surface area is 83.9 Å². The molecule has 0 aliphatic carbocycles. The zero-order chi connectivity index (χ0) is 9.52. The van der Waals surface area contributed by atoms with Crippen molar-refractivity contribution in [2.24, 2.45) is 0 Å². The molecule has 1 rings (SSSR count). The standard InChI is InChI=1S/C10H16N2S/c1-13-7-3-2-4-9-8-12-6-5-10(9)11/h5-6,8H,2-4,7H2,1H3,(H2,11,12). The summed E-state index contributed by atoms with van der Waals surface area (Å²) in [6.07, 6.45) is 9.26. The Morgan fingerprint density at radius 1 is 1.46 bits per heavy atom. The van der Waals surface area contributed by atoms with Gasteiger partial charge in [0.1, 0.15) is 0 Å². The summed E-state index contributed by atoms with van der Waals surface area (Å²) in [5, 5.41) is 0. The molecule has 0 unspecified atom stereocenters. The van der Waals surface area contributed by atoms with E-state index >= 15 is 0 Å². The first-order valence-electron chi connectivity index (χ1n) is 4.52. The Morgan fingerprint density at radius 2 is 2.31 bits per heavy atom. The molecule has 0 bridgehead atoms. The first-order valence-corrected chi connectivity index (χ1v) is 5.91. The maximum absolute atomic E-state index is 5.79. The number of nitrogens with two attached hydrogens (primary N) is 1. The summed E-state index contributed by atoms with van der Waals surface area (Å²) in [7, 11) is 0.